The van der Waals surface area contributed by atoms with Crippen LogP contribution >= 0.6 is 0 Å². The van der Waals surface area contributed by atoms with Gasteiger partial charge in [0.25, 0.3) is 0 Å². The summed E-state index contributed by atoms with van der Waals surface area (Å²) in [5.74, 6) is 0. The molecule has 1 atom stereocenters. The molecular formula is C15H16F3NO. The topological polar surface area (TPSA) is 32.3 Å². The van der Waals surface area contributed by atoms with Gasteiger partial charge in [0.15, 0.2) is 0 Å². The lowest BCUT2D eigenvalue weighted by Crippen LogP contribution is -2.47. The van der Waals surface area contributed by atoms with Crippen molar-refractivity contribution in [3.63, 3.8) is 0 Å². The smallest absolute Gasteiger partial charge is 0.394 e. The van der Waals surface area contributed by atoms with E-state index in [0.29, 0.717) is 5.56 Å². The maximum atomic E-state index is 12.4. The summed E-state index contributed by atoms with van der Waals surface area (Å²) >= 11 is 0. The molecule has 0 aromatic heterocycles. The molecule has 0 bridgehead atoms. The lowest BCUT2D eigenvalue weighted by atomic mass is 9.88. The van der Waals surface area contributed by atoms with Gasteiger partial charge in [-0.2, -0.15) is 13.2 Å². The van der Waals surface area contributed by atoms with E-state index in [2.05, 4.69) is 5.32 Å². The van der Waals surface area contributed by atoms with E-state index in [1.165, 1.54) is 0 Å². The Hall–Kier alpha value is -1.59. The monoisotopic (exact) mass is 283 g/mol. The van der Waals surface area contributed by atoms with Crippen molar-refractivity contribution in [3.05, 3.63) is 48.0 Å². The van der Waals surface area contributed by atoms with Gasteiger partial charge in [0, 0.05) is 0 Å². The van der Waals surface area contributed by atoms with Crippen LogP contribution in [-0.2, 0) is 5.54 Å². The van der Waals surface area contributed by atoms with Crippen LogP contribution in [-0.4, -0.2) is 24.4 Å². The number of fused-ring (bicyclic) bond motifs is 1. The van der Waals surface area contributed by atoms with Crippen molar-refractivity contribution in [2.45, 2.75) is 18.6 Å². The van der Waals surface area contributed by atoms with Crippen LogP contribution in [0.25, 0.3) is 10.8 Å². The van der Waals surface area contributed by atoms with Crippen LogP contribution in [0.4, 0.5) is 13.2 Å². The van der Waals surface area contributed by atoms with E-state index in [1.807, 2.05) is 30.3 Å². The Morgan fingerprint density at radius 3 is 2.35 bits per heavy atom. The highest BCUT2D eigenvalue weighted by Gasteiger charge is 2.34. The molecule has 0 amide bonds. The molecule has 2 N–H and O–H groups in total. The molecule has 2 rings (SSSR count). The van der Waals surface area contributed by atoms with Gasteiger partial charge in [-0.15, -0.1) is 0 Å². The average Bonchev–Trinajstić information content (AvgIpc) is 2.43. The standard InChI is InChI=1S/C15H16F3NO/c1-14(10-20,19-9-15(16,17)18)13-8-4-6-11-5-2-3-7-12(11)13/h2-8,19-20H,9-10H2,1H3. The van der Waals surface area contributed by atoms with Gasteiger partial charge in [0.1, 0.15) is 0 Å². The van der Waals surface area contributed by atoms with Crippen LogP contribution in [0.1, 0.15) is 12.5 Å². The van der Waals surface area contributed by atoms with Crippen LogP contribution in [0.2, 0.25) is 0 Å². The van der Waals surface area contributed by atoms with E-state index in [4.69, 9.17) is 0 Å². The zero-order valence-corrected chi connectivity index (χ0v) is 11.0. The maximum absolute atomic E-state index is 12.4. The fourth-order valence-corrected chi connectivity index (χ4v) is 2.24. The molecule has 0 heterocycles. The Kier molecular flexibility index (Phi) is 4.01. The van der Waals surface area contributed by atoms with Crippen LogP contribution in [0, 0.1) is 0 Å². The van der Waals surface area contributed by atoms with E-state index in [-0.39, 0.29) is 0 Å². The first-order valence-electron chi connectivity index (χ1n) is 6.27. The molecule has 2 aromatic carbocycles. The van der Waals surface area contributed by atoms with Gasteiger partial charge in [0.05, 0.1) is 18.7 Å². The summed E-state index contributed by atoms with van der Waals surface area (Å²) in [6.45, 7) is 0.00484. The second kappa shape index (κ2) is 5.42. The molecule has 0 radical (unpaired) electrons. The van der Waals surface area contributed by atoms with Crippen molar-refractivity contribution in [1.29, 1.82) is 0 Å². The van der Waals surface area contributed by atoms with Crippen LogP contribution in [0.3, 0.4) is 0 Å². The highest BCUT2D eigenvalue weighted by Crippen LogP contribution is 2.29. The molecule has 108 valence electrons. The second-order valence-corrected chi connectivity index (χ2v) is 4.99. The number of halogens is 3. The van der Waals surface area contributed by atoms with Crippen LogP contribution < -0.4 is 5.32 Å². The van der Waals surface area contributed by atoms with Crippen molar-refractivity contribution in [1.82, 2.24) is 5.32 Å². The fraction of sp³-hybridized carbons (Fsp3) is 0.333. The molecule has 0 saturated carbocycles. The Morgan fingerprint density at radius 1 is 1.05 bits per heavy atom. The molecule has 5 heteroatoms. The molecule has 1 unspecified atom stereocenters. The average molecular weight is 283 g/mol. The summed E-state index contributed by atoms with van der Waals surface area (Å²) < 4.78 is 37.2. The van der Waals surface area contributed by atoms with Gasteiger partial charge < -0.3 is 5.11 Å². The highest BCUT2D eigenvalue weighted by molar-refractivity contribution is 5.86. The van der Waals surface area contributed by atoms with Crippen molar-refractivity contribution in [3.8, 4) is 0 Å². The molecule has 0 aliphatic carbocycles. The van der Waals surface area contributed by atoms with Crippen molar-refractivity contribution < 1.29 is 18.3 Å². The maximum Gasteiger partial charge on any atom is 0.401 e. The number of rotatable bonds is 4. The van der Waals surface area contributed by atoms with Crippen molar-refractivity contribution in [2.24, 2.45) is 0 Å². The summed E-state index contributed by atoms with van der Waals surface area (Å²) in [5, 5.41) is 13.7. The minimum absolute atomic E-state index is 0.420. The lowest BCUT2D eigenvalue weighted by Gasteiger charge is -2.31. The Morgan fingerprint density at radius 2 is 1.70 bits per heavy atom. The predicted molar refractivity (Wildman–Crippen MR) is 72.4 cm³/mol. The number of benzene rings is 2. The van der Waals surface area contributed by atoms with Crippen LogP contribution in [0.5, 0.6) is 0 Å². The van der Waals surface area contributed by atoms with Gasteiger partial charge in [-0.25, -0.2) is 0 Å². The number of hydrogen-bond acceptors (Lipinski definition) is 2. The zero-order valence-electron chi connectivity index (χ0n) is 11.0. The molecule has 2 nitrogen and oxygen atoms in total. The quantitative estimate of drug-likeness (QED) is 0.903. The van der Waals surface area contributed by atoms with E-state index in [9.17, 15) is 18.3 Å². The van der Waals surface area contributed by atoms with Gasteiger partial charge in [-0.1, -0.05) is 42.5 Å². The number of aliphatic hydroxyl groups excluding tert-OH is 1. The summed E-state index contributed by atoms with van der Waals surface area (Å²) in [5.41, 5.74) is -0.488. The largest absolute Gasteiger partial charge is 0.401 e. The second-order valence-electron chi connectivity index (χ2n) is 4.99. The summed E-state index contributed by atoms with van der Waals surface area (Å²) in [6.07, 6.45) is -4.32. The van der Waals surface area contributed by atoms with Gasteiger partial charge >= 0.3 is 6.18 Å². The third-order valence-electron chi connectivity index (χ3n) is 3.38. The van der Waals surface area contributed by atoms with Gasteiger partial charge in [-0.05, 0) is 23.3 Å². The fourth-order valence-electron chi connectivity index (χ4n) is 2.24. The SMILES string of the molecule is CC(CO)(NCC(F)(F)F)c1cccc2ccccc12. The van der Waals surface area contributed by atoms with Crippen molar-refractivity contribution in [2.75, 3.05) is 13.2 Å². The lowest BCUT2D eigenvalue weighted by molar-refractivity contribution is -0.129. The van der Waals surface area contributed by atoms with Gasteiger partial charge in [0.2, 0.25) is 0 Å². The van der Waals surface area contributed by atoms with Gasteiger partial charge in [-0.3, -0.25) is 5.32 Å². The Bertz CT molecular complexity index is 592. The summed E-state index contributed by atoms with van der Waals surface area (Å²) in [6, 6.07) is 12.8. The van der Waals surface area contributed by atoms with E-state index < -0.39 is 24.9 Å². The van der Waals surface area contributed by atoms with Crippen LogP contribution in [0.15, 0.2) is 42.5 Å². The molecule has 0 spiro atoms. The first kappa shape index (κ1) is 14.8. The summed E-state index contributed by atoms with van der Waals surface area (Å²) in [4.78, 5) is 0. The Labute approximate surface area is 115 Å². The molecule has 0 saturated heterocycles. The highest BCUT2D eigenvalue weighted by atomic mass is 19.4. The molecule has 2 aromatic rings. The molecule has 0 aliphatic heterocycles. The number of hydrogen-bond donors (Lipinski definition) is 2. The number of aliphatic hydroxyl groups is 1. The molecule has 20 heavy (non-hydrogen) atoms. The minimum atomic E-state index is -4.32. The third kappa shape index (κ3) is 3.11. The summed E-state index contributed by atoms with van der Waals surface area (Å²) in [7, 11) is 0. The third-order valence-corrected chi connectivity index (χ3v) is 3.38. The molecule has 0 fully saturated rings. The zero-order chi connectivity index (χ0) is 14.8. The minimum Gasteiger partial charge on any atom is -0.394 e. The van der Waals surface area contributed by atoms with E-state index in [1.54, 1.807) is 19.1 Å². The molecular weight excluding hydrogens is 267 g/mol. The Balaban J connectivity index is 2.43. The van der Waals surface area contributed by atoms with Crippen molar-refractivity contribution >= 4 is 10.8 Å². The first-order chi connectivity index (χ1) is 9.36. The van der Waals surface area contributed by atoms with E-state index in [0.717, 1.165) is 10.8 Å². The normalized spacial score (nSPS) is 15.2. The predicted octanol–water partition coefficient (Wildman–Crippen LogP) is 3.20. The number of nitrogens with one attached hydrogen (secondary N) is 1. The molecule has 0 aliphatic rings. The first-order valence-corrected chi connectivity index (χ1v) is 6.27. The number of alkyl halides is 3. The van der Waals surface area contributed by atoms with E-state index >= 15 is 0 Å².